The molecular weight excluding hydrogens is 830 g/mol. The maximum Gasteiger partial charge on any atom is 0.407 e. The molecule has 0 radical (unpaired) electrons. The number of amides is 3. The van der Waals surface area contributed by atoms with E-state index in [1.165, 1.54) is 25.6 Å². The minimum absolute atomic E-state index is 0.0558. The Morgan fingerprint density at radius 3 is 1.93 bits per heavy atom. The summed E-state index contributed by atoms with van der Waals surface area (Å²) in [6.07, 6.45) is -6.13. The SMILES string of the molecule is C=C(C)C(=O)OCCNC(=O)OCCSCC(C)(CC(C)C(=O)OCCNC(=O)OCCSCCN1CCCC1=O)C(=O)OCC(F)(F)C(F)(F)C(F)(F)C(F)F. The van der Waals surface area contributed by atoms with E-state index in [4.69, 9.17) is 18.9 Å². The number of hydrogen-bond donors (Lipinski definition) is 2. The topological polar surface area (TPSA) is 176 Å². The van der Waals surface area contributed by atoms with Crippen molar-refractivity contribution in [1.29, 1.82) is 0 Å². The summed E-state index contributed by atoms with van der Waals surface area (Å²) in [7, 11) is 0. The zero-order valence-electron chi connectivity index (χ0n) is 31.5. The second-order valence-corrected chi connectivity index (χ2v) is 15.1. The van der Waals surface area contributed by atoms with Crippen molar-refractivity contribution in [1.82, 2.24) is 15.5 Å². The third-order valence-corrected chi connectivity index (χ3v) is 10.00. The van der Waals surface area contributed by atoms with Gasteiger partial charge in [0.15, 0.2) is 6.61 Å². The number of alkyl halides is 8. The molecule has 57 heavy (non-hydrogen) atoms. The van der Waals surface area contributed by atoms with E-state index < -0.39 is 84.4 Å². The fourth-order valence-corrected chi connectivity index (χ4v) is 6.42. The second kappa shape index (κ2) is 24.3. The molecule has 0 aromatic heterocycles. The van der Waals surface area contributed by atoms with Gasteiger partial charge >= 0.3 is 54.3 Å². The minimum Gasteiger partial charge on any atom is -0.464 e. The number of esters is 3. The summed E-state index contributed by atoms with van der Waals surface area (Å²) in [6.45, 7) is 4.52. The largest absolute Gasteiger partial charge is 0.464 e. The molecule has 1 fully saturated rings. The Balaban J connectivity index is 2.70. The van der Waals surface area contributed by atoms with Gasteiger partial charge in [-0.15, -0.1) is 0 Å². The Kier molecular flexibility index (Phi) is 21.9. The van der Waals surface area contributed by atoms with E-state index in [0.29, 0.717) is 24.5 Å². The first kappa shape index (κ1) is 51.3. The molecule has 0 aliphatic carbocycles. The highest BCUT2D eigenvalue weighted by molar-refractivity contribution is 7.99. The second-order valence-electron chi connectivity index (χ2n) is 12.8. The molecule has 14 nitrogen and oxygen atoms in total. The number of carbonyl (C=O) groups excluding carboxylic acids is 6. The molecule has 1 heterocycles. The summed E-state index contributed by atoms with van der Waals surface area (Å²) in [5.74, 6) is -22.9. The lowest BCUT2D eigenvalue weighted by Crippen LogP contribution is -2.59. The van der Waals surface area contributed by atoms with Crippen LogP contribution in [0.5, 0.6) is 0 Å². The highest BCUT2D eigenvalue weighted by Crippen LogP contribution is 2.49. The first-order valence-corrected chi connectivity index (χ1v) is 19.6. The van der Waals surface area contributed by atoms with E-state index in [2.05, 4.69) is 21.9 Å². The van der Waals surface area contributed by atoms with E-state index >= 15 is 0 Å². The van der Waals surface area contributed by atoms with Crippen molar-refractivity contribution in [2.24, 2.45) is 11.3 Å². The molecular formula is C33H47F8N3O11S2. The van der Waals surface area contributed by atoms with Crippen molar-refractivity contribution in [2.45, 2.75) is 64.2 Å². The number of likely N-dealkylation sites (tertiary alicyclic amines) is 1. The summed E-state index contributed by atoms with van der Waals surface area (Å²) in [6, 6.07) is 0. The van der Waals surface area contributed by atoms with Gasteiger partial charge in [0.25, 0.3) is 0 Å². The lowest BCUT2D eigenvalue weighted by Gasteiger charge is -2.33. The van der Waals surface area contributed by atoms with Gasteiger partial charge in [0.2, 0.25) is 5.91 Å². The van der Waals surface area contributed by atoms with E-state index in [9.17, 15) is 63.9 Å². The molecule has 2 atom stereocenters. The summed E-state index contributed by atoms with van der Waals surface area (Å²) < 4.78 is 132. The van der Waals surface area contributed by atoms with Crippen LogP contribution in [0.25, 0.3) is 0 Å². The summed E-state index contributed by atoms with van der Waals surface area (Å²) in [5, 5.41) is 4.62. The highest BCUT2D eigenvalue weighted by atomic mass is 32.2. The fourth-order valence-electron chi connectivity index (χ4n) is 4.63. The molecule has 1 aliphatic heterocycles. The molecule has 1 aliphatic rings. The Bertz CT molecular complexity index is 1380. The molecule has 0 aromatic rings. The van der Waals surface area contributed by atoms with E-state index in [0.717, 1.165) is 31.7 Å². The molecule has 0 spiro atoms. The molecule has 2 N–H and O–H groups in total. The van der Waals surface area contributed by atoms with Crippen molar-refractivity contribution < 1.29 is 87.6 Å². The third kappa shape index (κ3) is 17.4. The quantitative estimate of drug-likeness (QED) is 0.0374. The van der Waals surface area contributed by atoms with Crippen LogP contribution in [-0.4, -0.2) is 147 Å². The molecule has 0 aromatic carbocycles. The Hall–Kier alpha value is -3.70. The van der Waals surface area contributed by atoms with Gasteiger partial charge in [-0.2, -0.15) is 49.9 Å². The van der Waals surface area contributed by atoms with Crippen LogP contribution >= 0.6 is 23.5 Å². The maximum absolute atomic E-state index is 14.2. The Morgan fingerprint density at radius 2 is 1.40 bits per heavy atom. The average molecular weight is 878 g/mol. The summed E-state index contributed by atoms with van der Waals surface area (Å²) in [5.41, 5.74) is -1.87. The number of halogens is 8. The summed E-state index contributed by atoms with van der Waals surface area (Å²) in [4.78, 5) is 74.2. The Labute approximate surface area is 332 Å². The lowest BCUT2D eigenvalue weighted by molar-refractivity contribution is -0.344. The van der Waals surface area contributed by atoms with E-state index in [1.807, 2.05) is 0 Å². The van der Waals surface area contributed by atoms with Crippen LogP contribution in [0.1, 0.15) is 40.0 Å². The van der Waals surface area contributed by atoms with E-state index in [-0.39, 0.29) is 56.8 Å². The summed E-state index contributed by atoms with van der Waals surface area (Å²) >= 11 is 2.32. The van der Waals surface area contributed by atoms with Gasteiger partial charge < -0.3 is 39.2 Å². The van der Waals surface area contributed by atoms with Gasteiger partial charge in [-0.25, -0.2) is 23.2 Å². The number of nitrogens with one attached hydrogen (secondary N) is 2. The molecule has 3 amide bonds. The number of thioether (sulfide) groups is 2. The molecule has 24 heteroatoms. The molecule has 328 valence electrons. The maximum atomic E-state index is 14.2. The average Bonchev–Trinajstić information content (AvgIpc) is 3.55. The van der Waals surface area contributed by atoms with Crippen LogP contribution in [0.3, 0.4) is 0 Å². The van der Waals surface area contributed by atoms with Crippen molar-refractivity contribution >= 4 is 59.5 Å². The first-order valence-electron chi connectivity index (χ1n) is 17.3. The molecule has 0 bridgehead atoms. The lowest BCUT2D eigenvalue weighted by atomic mass is 9.83. The highest BCUT2D eigenvalue weighted by Gasteiger charge is 2.75. The van der Waals surface area contributed by atoms with Crippen molar-refractivity contribution in [3.8, 4) is 0 Å². The number of alkyl carbamates (subject to hydrolysis) is 2. The van der Waals surface area contributed by atoms with Gasteiger partial charge in [-0.1, -0.05) is 13.5 Å². The Morgan fingerprint density at radius 1 is 0.842 bits per heavy atom. The third-order valence-electron chi connectivity index (χ3n) is 7.78. The van der Waals surface area contributed by atoms with Crippen LogP contribution in [0.15, 0.2) is 12.2 Å². The van der Waals surface area contributed by atoms with Gasteiger partial charge in [-0.3, -0.25) is 14.4 Å². The fraction of sp³-hybridized carbons (Fsp3) is 0.758. The van der Waals surface area contributed by atoms with E-state index in [1.54, 1.807) is 4.90 Å². The molecule has 0 saturated carbocycles. The van der Waals surface area contributed by atoms with Crippen molar-refractivity contribution in [3.05, 3.63) is 12.2 Å². The molecule has 1 saturated heterocycles. The van der Waals surface area contributed by atoms with Gasteiger partial charge in [0.05, 0.1) is 24.4 Å². The zero-order valence-corrected chi connectivity index (χ0v) is 33.1. The monoisotopic (exact) mass is 877 g/mol. The number of ether oxygens (including phenoxy) is 5. The smallest absolute Gasteiger partial charge is 0.407 e. The van der Waals surface area contributed by atoms with Crippen molar-refractivity contribution in [3.63, 3.8) is 0 Å². The molecule has 2 unspecified atom stereocenters. The van der Waals surface area contributed by atoms with Crippen molar-refractivity contribution in [2.75, 3.05) is 82.2 Å². The van der Waals surface area contributed by atoms with Crippen LogP contribution in [0, 0.1) is 11.3 Å². The van der Waals surface area contributed by atoms with Gasteiger partial charge in [0.1, 0.15) is 26.4 Å². The van der Waals surface area contributed by atoms with Crippen LogP contribution in [0.2, 0.25) is 0 Å². The predicted molar refractivity (Wildman–Crippen MR) is 190 cm³/mol. The normalized spacial score (nSPS) is 15.0. The predicted octanol–water partition coefficient (Wildman–Crippen LogP) is 4.94. The number of rotatable bonds is 27. The standard InChI is InChI=1S/C33H47F8N3O11S2/c1-21(2)24(46)51-11-7-42-29(50)54-14-17-57-20-30(4,27(48)55-19-31(36,37)33(40,41)32(38,39)26(34)35)18-22(3)25(47)52-12-8-43-28(49)53-13-16-56-15-10-44-9-5-6-23(44)45/h22,26H,1,5-20H2,2-4H3,(H,42,50)(H,43,49). The van der Waals surface area contributed by atoms with Crippen LogP contribution in [-0.2, 0) is 42.9 Å². The van der Waals surface area contributed by atoms with Crippen LogP contribution in [0.4, 0.5) is 44.7 Å². The molecule has 1 rings (SSSR count). The van der Waals surface area contributed by atoms with Gasteiger partial charge in [-0.05, 0) is 26.7 Å². The number of nitrogens with zero attached hydrogens (tertiary/aromatic N) is 1. The number of carbonyl (C=O) groups is 6. The minimum atomic E-state index is -6.63. The first-order chi connectivity index (χ1) is 26.5. The van der Waals surface area contributed by atoms with Crippen LogP contribution < -0.4 is 10.6 Å². The van der Waals surface area contributed by atoms with Gasteiger partial charge in [0, 0.05) is 48.1 Å². The zero-order chi connectivity index (χ0) is 43.5. The number of hydrogen-bond acceptors (Lipinski definition) is 13.